The lowest BCUT2D eigenvalue weighted by molar-refractivity contribution is -0.137. The molecule has 0 radical (unpaired) electrons. The summed E-state index contributed by atoms with van der Waals surface area (Å²) < 4.78 is 26.5. The van der Waals surface area contributed by atoms with Gasteiger partial charge in [0.2, 0.25) is 10.0 Å². The van der Waals surface area contributed by atoms with E-state index in [1.165, 1.54) is 5.56 Å². The van der Waals surface area contributed by atoms with Crippen LogP contribution in [0.5, 0.6) is 0 Å². The molecule has 0 amide bonds. The van der Waals surface area contributed by atoms with Crippen LogP contribution in [-0.2, 0) is 27.7 Å². The van der Waals surface area contributed by atoms with Crippen LogP contribution >= 0.6 is 0 Å². The first-order valence-electron chi connectivity index (χ1n) is 6.32. The summed E-state index contributed by atoms with van der Waals surface area (Å²) >= 11 is 0. The zero-order valence-corrected chi connectivity index (χ0v) is 11.4. The van der Waals surface area contributed by atoms with Gasteiger partial charge in [-0.2, -0.15) is 0 Å². The molecule has 0 heterocycles. The first-order chi connectivity index (χ1) is 8.99. The van der Waals surface area contributed by atoms with E-state index in [0.717, 1.165) is 24.8 Å². The first-order valence-corrected chi connectivity index (χ1v) is 7.80. The maximum Gasteiger partial charge on any atom is 0.303 e. The van der Waals surface area contributed by atoms with Crippen LogP contribution in [0, 0.1) is 0 Å². The molecule has 19 heavy (non-hydrogen) atoms. The number of nitrogens with one attached hydrogen (secondary N) is 1. The Labute approximate surface area is 112 Å². The van der Waals surface area contributed by atoms with Gasteiger partial charge in [-0.05, 0) is 48.9 Å². The van der Waals surface area contributed by atoms with Gasteiger partial charge >= 0.3 is 5.97 Å². The topological polar surface area (TPSA) is 83.5 Å². The van der Waals surface area contributed by atoms with Crippen LogP contribution in [0.4, 0.5) is 0 Å². The van der Waals surface area contributed by atoms with Gasteiger partial charge in [0.1, 0.15) is 0 Å². The Kier molecular flexibility index (Phi) is 4.21. The number of benzene rings is 1. The smallest absolute Gasteiger partial charge is 0.303 e. The van der Waals surface area contributed by atoms with Gasteiger partial charge in [-0.25, -0.2) is 13.1 Å². The van der Waals surface area contributed by atoms with Gasteiger partial charge in [-0.15, -0.1) is 0 Å². The number of carboxylic acids is 1. The van der Waals surface area contributed by atoms with Crippen molar-refractivity contribution in [3.63, 3.8) is 0 Å². The first kappa shape index (κ1) is 14.0. The number of aliphatic carboxylic acids is 1. The van der Waals surface area contributed by atoms with E-state index in [4.69, 9.17) is 5.11 Å². The highest BCUT2D eigenvalue weighted by Crippen LogP contribution is 2.24. The lowest BCUT2D eigenvalue weighted by atomic mass is 10.1. The van der Waals surface area contributed by atoms with E-state index >= 15 is 0 Å². The van der Waals surface area contributed by atoms with Crippen molar-refractivity contribution in [2.45, 2.75) is 37.0 Å². The minimum Gasteiger partial charge on any atom is -0.481 e. The summed E-state index contributed by atoms with van der Waals surface area (Å²) in [4.78, 5) is 10.6. The predicted octanol–water partition coefficient (Wildman–Crippen LogP) is 1.32. The second-order valence-corrected chi connectivity index (χ2v) is 6.45. The van der Waals surface area contributed by atoms with E-state index in [9.17, 15) is 13.2 Å². The molecule has 1 aromatic carbocycles. The Morgan fingerprint density at radius 2 is 2.00 bits per heavy atom. The molecule has 5 nitrogen and oxygen atoms in total. The molecule has 0 fully saturated rings. The highest BCUT2D eigenvalue weighted by molar-refractivity contribution is 7.89. The summed E-state index contributed by atoms with van der Waals surface area (Å²) in [6.45, 7) is 0.145. The SMILES string of the molecule is O=C(O)CCCNS(=O)(=O)c1ccc2c(c1)CCC2. The second-order valence-electron chi connectivity index (χ2n) is 4.68. The Morgan fingerprint density at radius 1 is 1.26 bits per heavy atom. The van der Waals surface area contributed by atoms with Gasteiger partial charge < -0.3 is 5.11 Å². The summed E-state index contributed by atoms with van der Waals surface area (Å²) in [5, 5.41) is 8.49. The van der Waals surface area contributed by atoms with E-state index in [0.29, 0.717) is 6.42 Å². The average Bonchev–Trinajstić information content (AvgIpc) is 2.81. The zero-order valence-electron chi connectivity index (χ0n) is 10.6. The van der Waals surface area contributed by atoms with Crippen LogP contribution in [0.15, 0.2) is 23.1 Å². The van der Waals surface area contributed by atoms with Crippen LogP contribution < -0.4 is 4.72 Å². The third-order valence-corrected chi connectivity index (χ3v) is 4.70. The fraction of sp³-hybridized carbons (Fsp3) is 0.462. The molecule has 0 bridgehead atoms. The van der Waals surface area contributed by atoms with Gasteiger partial charge in [-0.1, -0.05) is 6.07 Å². The maximum atomic E-state index is 12.0. The number of sulfonamides is 1. The summed E-state index contributed by atoms with van der Waals surface area (Å²) in [5.41, 5.74) is 2.33. The molecule has 2 N–H and O–H groups in total. The van der Waals surface area contributed by atoms with E-state index in [-0.39, 0.29) is 17.9 Å². The number of aryl methyl sites for hydroxylation is 2. The number of hydrogen-bond donors (Lipinski definition) is 2. The summed E-state index contributed by atoms with van der Waals surface area (Å²) in [5.74, 6) is -0.920. The highest BCUT2D eigenvalue weighted by atomic mass is 32.2. The molecular formula is C13H17NO4S. The van der Waals surface area contributed by atoms with Crippen molar-refractivity contribution < 1.29 is 18.3 Å². The lowest BCUT2D eigenvalue weighted by Crippen LogP contribution is -2.25. The van der Waals surface area contributed by atoms with Crippen LogP contribution in [0.1, 0.15) is 30.4 Å². The molecule has 0 saturated carbocycles. The Bertz CT molecular complexity index is 580. The lowest BCUT2D eigenvalue weighted by Gasteiger charge is -2.08. The van der Waals surface area contributed by atoms with Crippen molar-refractivity contribution in [3.05, 3.63) is 29.3 Å². The predicted molar refractivity (Wildman–Crippen MR) is 70.5 cm³/mol. The Balaban J connectivity index is 2.01. The van der Waals surface area contributed by atoms with Crippen molar-refractivity contribution in [1.29, 1.82) is 0 Å². The second kappa shape index (κ2) is 5.71. The number of hydrogen-bond acceptors (Lipinski definition) is 3. The van der Waals surface area contributed by atoms with Crippen LogP contribution in [0.25, 0.3) is 0 Å². The van der Waals surface area contributed by atoms with Gasteiger partial charge in [0.25, 0.3) is 0 Å². The minimum absolute atomic E-state index is 0.0350. The van der Waals surface area contributed by atoms with Crippen LogP contribution in [0.2, 0.25) is 0 Å². The summed E-state index contributed by atoms with van der Waals surface area (Å²) in [6.07, 6.45) is 3.27. The molecule has 0 atom stereocenters. The Morgan fingerprint density at radius 3 is 2.74 bits per heavy atom. The third-order valence-electron chi connectivity index (χ3n) is 3.24. The van der Waals surface area contributed by atoms with Crippen molar-refractivity contribution in [2.24, 2.45) is 0 Å². The average molecular weight is 283 g/mol. The number of carboxylic acid groups (broad SMARTS) is 1. The quantitative estimate of drug-likeness (QED) is 0.771. The molecular weight excluding hydrogens is 266 g/mol. The zero-order chi connectivity index (χ0) is 13.9. The molecule has 0 saturated heterocycles. The molecule has 0 aromatic heterocycles. The largest absolute Gasteiger partial charge is 0.481 e. The number of rotatable bonds is 6. The molecule has 6 heteroatoms. The van der Waals surface area contributed by atoms with Gasteiger partial charge in [0, 0.05) is 13.0 Å². The van der Waals surface area contributed by atoms with E-state index in [2.05, 4.69) is 4.72 Å². The molecule has 2 rings (SSSR count). The normalized spacial score (nSPS) is 14.3. The minimum atomic E-state index is -3.52. The van der Waals surface area contributed by atoms with Crippen LogP contribution in [0.3, 0.4) is 0 Å². The fourth-order valence-corrected chi connectivity index (χ4v) is 3.37. The van der Waals surface area contributed by atoms with Crippen molar-refractivity contribution >= 4 is 16.0 Å². The van der Waals surface area contributed by atoms with Gasteiger partial charge in [-0.3, -0.25) is 4.79 Å². The van der Waals surface area contributed by atoms with Crippen molar-refractivity contribution in [3.8, 4) is 0 Å². The number of fused-ring (bicyclic) bond motifs is 1. The van der Waals surface area contributed by atoms with Crippen molar-refractivity contribution in [1.82, 2.24) is 4.72 Å². The summed E-state index contributed by atoms with van der Waals surface area (Å²) in [6, 6.07) is 5.21. The molecule has 0 aliphatic heterocycles. The fourth-order valence-electron chi connectivity index (χ4n) is 2.24. The Hall–Kier alpha value is -1.40. The third kappa shape index (κ3) is 3.54. The van der Waals surface area contributed by atoms with E-state index in [1.807, 2.05) is 6.07 Å². The van der Waals surface area contributed by atoms with Gasteiger partial charge in [0.05, 0.1) is 4.90 Å². The molecule has 1 aliphatic carbocycles. The highest BCUT2D eigenvalue weighted by Gasteiger charge is 2.17. The standard InChI is InChI=1S/C13H17NO4S/c15-13(16)5-2-8-14-19(17,18)12-7-6-10-3-1-4-11(10)9-12/h6-7,9,14H,1-5,8H2,(H,15,16). The molecule has 1 aliphatic rings. The molecule has 104 valence electrons. The summed E-state index contributed by atoms with van der Waals surface area (Å²) in [7, 11) is -3.52. The van der Waals surface area contributed by atoms with E-state index in [1.54, 1.807) is 12.1 Å². The van der Waals surface area contributed by atoms with E-state index < -0.39 is 16.0 Å². The van der Waals surface area contributed by atoms with Crippen LogP contribution in [-0.4, -0.2) is 26.0 Å². The molecule has 1 aromatic rings. The maximum absolute atomic E-state index is 12.0. The van der Waals surface area contributed by atoms with Crippen molar-refractivity contribution in [2.75, 3.05) is 6.54 Å². The van der Waals surface area contributed by atoms with Gasteiger partial charge in [0.15, 0.2) is 0 Å². The molecule has 0 spiro atoms. The number of carbonyl (C=O) groups is 1. The molecule has 0 unspecified atom stereocenters. The monoisotopic (exact) mass is 283 g/mol.